The van der Waals surface area contributed by atoms with E-state index in [0.717, 1.165) is 38.4 Å². The quantitative estimate of drug-likeness (QED) is 0.405. The van der Waals surface area contributed by atoms with Crippen molar-refractivity contribution in [2.75, 3.05) is 26.7 Å². The van der Waals surface area contributed by atoms with Crippen LogP contribution in [-0.2, 0) is 4.79 Å². The summed E-state index contributed by atoms with van der Waals surface area (Å²) in [5.41, 5.74) is 7.97. The van der Waals surface area contributed by atoms with Crippen molar-refractivity contribution in [2.24, 2.45) is 16.6 Å². The molecule has 0 saturated carbocycles. The first-order chi connectivity index (χ1) is 11.5. The summed E-state index contributed by atoms with van der Waals surface area (Å²) in [5, 5.41) is 3.49. The minimum atomic E-state index is -0.210. The van der Waals surface area contributed by atoms with Crippen molar-refractivity contribution in [3.05, 3.63) is 35.4 Å². The SMILES string of the molecule is CN=C(NCC(C)c1cccc(C)c1)N1CCCC(CC(N)=O)C1.I. The van der Waals surface area contributed by atoms with Crippen LogP contribution in [0.4, 0.5) is 0 Å². The maximum Gasteiger partial charge on any atom is 0.217 e. The zero-order valence-corrected chi connectivity index (χ0v) is 17.8. The molecule has 0 radical (unpaired) electrons. The predicted octanol–water partition coefficient (Wildman–Crippen LogP) is 2.88. The average Bonchev–Trinajstić information content (AvgIpc) is 2.55. The number of hydrogen-bond acceptors (Lipinski definition) is 2. The number of piperidine rings is 1. The lowest BCUT2D eigenvalue weighted by Crippen LogP contribution is -2.47. The van der Waals surface area contributed by atoms with Crippen LogP contribution in [0.2, 0.25) is 0 Å². The molecule has 1 aliphatic rings. The van der Waals surface area contributed by atoms with E-state index < -0.39 is 0 Å². The minimum Gasteiger partial charge on any atom is -0.370 e. The lowest BCUT2D eigenvalue weighted by molar-refractivity contribution is -0.119. The summed E-state index contributed by atoms with van der Waals surface area (Å²) in [4.78, 5) is 17.8. The Hall–Kier alpha value is -1.31. The fourth-order valence-electron chi connectivity index (χ4n) is 3.38. The summed E-state index contributed by atoms with van der Waals surface area (Å²) in [6.07, 6.45) is 2.61. The summed E-state index contributed by atoms with van der Waals surface area (Å²) in [5.74, 6) is 1.46. The smallest absolute Gasteiger partial charge is 0.217 e. The molecule has 0 aliphatic carbocycles. The van der Waals surface area contributed by atoms with Gasteiger partial charge in [0, 0.05) is 33.1 Å². The lowest BCUT2D eigenvalue weighted by Gasteiger charge is -2.35. The number of likely N-dealkylation sites (tertiary alicyclic amines) is 1. The number of nitrogens with zero attached hydrogens (tertiary/aromatic N) is 2. The molecule has 1 saturated heterocycles. The maximum absolute atomic E-state index is 11.2. The van der Waals surface area contributed by atoms with Gasteiger partial charge in [-0.1, -0.05) is 36.8 Å². The average molecular weight is 458 g/mol. The molecule has 1 aliphatic heterocycles. The number of aliphatic imine (C=N–C) groups is 1. The van der Waals surface area contributed by atoms with Crippen LogP contribution in [0, 0.1) is 12.8 Å². The number of benzene rings is 1. The van der Waals surface area contributed by atoms with Crippen molar-refractivity contribution in [1.29, 1.82) is 0 Å². The van der Waals surface area contributed by atoms with Crippen LogP contribution in [0.25, 0.3) is 0 Å². The molecular weight excluding hydrogens is 427 g/mol. The molecule has 6 heteroatoms. The Morgan fingerprint density at radius 3 is 2.88 bits per heavy atom. The number of primary amides is 1. The van der Waals surface area contributed by atoms with E-state index in [1.54, 1.807) is 0 Å². The molecule has 1 heterocycles. The Kier molecular flexibility index (Phi) is 9.24. The third kappa shape index (κ3) is 6.84. The van der Waals surface area contributed by atoms with E-state index in [-0.39, 0.29) is 29.9 Å². The van der Waals surface area contributed by atoms with Crippen LogP contribution >= 0.6 is 24.0 Å². The Labute approximate surface area is 168 Å². The van der Waals surface area contributed by atoms with Crippen LogP contribution in [0.5, 0.6) is 0 Å². The molecule has 1 amide bonds. The van der Waals surface area contributed by atoms with Gasteiger partial charge in [0.1, 0.15) is 0 Å². The fourth-order valence-corrected chi connectivity index (χ4v) is 3.38. The molecule has 140 valence electrons. The molecular formula is C19H31IN4O. The largest absolute Gasteiger partial charge is 0.370 e. The monoisotopic (exact) mass is 458 g/mol. The van der Waals surface area contributed by atoms with E-state index in [4.69, 9.17) is 5.73 Å². The lowest BCUT2D eigenvalue weighted by atomic mass is 9.94. The number of guanidine groups is 1. The summed E-state index contributed by atoms with van der Waals surface area (Å²) in [6.45, 7) is 7.01. The maximum atomic E-state index is 11.2. The molecule has 2 atom stereocenters. The Bertz CT molecular complexity index is 591. The first-order valence-electron chi connectivity index (χ1n) is 8.80. The second-order valence-corrected chi connectivity index (χ2v) is 6.87. The number of nitrogens with one attached hydrogen (secondary N) is 1. The highest BCUT2D eigenvalue weighted by Gasteiger charge is 2.23. The van der Waals surface area contributed by atoms with Gasteiger partial charge in [0.2, 0.25) is 5.91 Å². The van der Waals surface area contributed by atoms with Crippen LogP contribution in [0.1, 0.15) is 43.2 Å². The van der Waals surface area contributed by atoms with Crippen LogP contribution in [0.3, 0.4) is 0 Å². The number of carbonyl (C=O) groups excluding carboxylic acids is 1. The molecule has 25 heavy (non-hydrogen) atoms. The van der Waals surface area contributed by atoms with E-state index in [1.165, 1.54) is 11.1 Å². The molecule has 0 bridgehead atoms. The van der Waals surface area contributed by atoms with E-state index >= 15 is 0 Å². The first kappa shape index (κ1) is 21.7. The van der Waals surface area contributed by atoms with Gasteiger partial charge in [-0.3, -0.25) is 9.79 Å². The van der Waals surface area contributed by atoms with Crippen molar-refractivity contribution < 1.29 is 4.79 Å². The summed E-state index contributed by atoms with van der Waals surface area (Å²) in [7, 11) is 1.82. The molecule has 3 N–H and O–H groups in total. The van der Waals surface area contributed by atoms with Crippen molar-refractivity contribution >= 4 is 35.8 Å². The highest BCUT2D eigenvalue weighted by atomic mass is 127. The van der Waals surface area contributed by atoms with E-state index in [0.29, 0.717) is 18.3 Å². The summed E-state index contributed by atoms with van der Waals surface area (Å²) < 4.78 is 0. The molecule has 1 aromatic carbocycles. The van der Waals surface area contributed by atoms with Gasteiger partial charge in [0.15, 0.2) is 5.96 Å². The van der Waals surface area contributed by atoms with E-state index in [2.05, 4.69) is 53.3 Å². The van der Waals surface area contributed by atoms with Crippen molar-refractivity contribution in [2.45, 2.75) is 39.0 Å². The number of halogens is 1. The molecule has 2 rings (SSSR count). The number of carbonyl (C=O) groups is 1. The van der Waals surface area contributed by atoms with Crippen molar-refractivity contribution in [3.63, 3.8) is 0 Å². The van der Waals surface area contributed by atoms with E-state index in [1.807, 2.05) is 7.05 Å². The number of hydrogen-bond donors (Lipinski definition) is 2. The highest BCUT2D eigenvalue weighted by molar-refractivity contribution is 14.0. The van der Waals surface area contributed by atoms with Gasteiger partial charge in [-0.15, -0.1) is 24.0 Å². The van der Waals surface area contributed by atoms with Crippen LogP contribution < -0.4 is 11.1 Å². The van der Waals surface area contributed by atoms with Gasteiger partial charge in [-0.2, -0.15) is 0 Å². The van der Waals surface area contributed by atoms with Gasteiger partial charge in [0.05, 0.1) is 0 Å². The Balaban J connectivity index is 0.00000312. The van der Waals surface area contributed by atoms with Gasteiger partial charge in [-0.05, 0) is 37.2 Å². The number of amides is 1. The van der Waals surface area contributed by atoms with Crippen LogP contribution in [0.15, 0.2) is 29.3 Å². The van der Waals surface area contributed by atoms with Crippen molar-refractivity contribution in [1.82, 2.24) is 10.2 Å². The zero-order valence-electron chi connectivity index (χ0n) is 15.5. The Morgan fingerprint density at radius 2 is 2.24 bits per heavy atom. The highest BCUT2D eigenvalue weighted by Crippen LogP contribution is 2.20. The topological polar surface area (TPSA) is 70.7 Å². The molecule has 5 nitrogen and oxygen atoms in total. The minimum absolute atomic E-state index is 0. The van der Waals surface area contributed by atoms with Gasteiger partial charge < -0.3 is 16.0 Å². The van der Waals surface area contributed by atoms with Gasteiger partial charge in [-0.25, -0.2) is 0 Å². The molecule has 0 aromatic heterocycles. The Morgan fingerprint density at radius 1 is 1.48 bits per heavy atom. The fraction of sp³-hybridized carbons (Fsp3) is 0.579. The molecule has 2 unspecified atom stereocenters. The second-order valence-electron chi connectivity index (χ2n) is 6.87. The second kappa shape index (κ2) is 10.6. The van der Waals surface area contributed by atoms with E-state index in [9.17, 15) is 4.79 Å². The number of rotatable bonds is 5. The third-order valence-electron chi connectivity index (χ3n) is 4.70. The third-order valence-corrected chi connectivity index (χ3v) is 4.70. The number of aryl methyl sites for hydroxylation is 1. The molecule has 1 fully saturated rings. The number of nitrogens with two attached hydrogens (primary N) is 1. The van der Waals surface area contributed by atoms with Crippen LogP contribution in [-0.4, -0.2) is 43.4 Å². The standard InChI is InChI=1S/C19H30N4O.HI/c1-14-6-4-8-17(10-14)15(2)12-22-19(21-3)23-9-5-7-16(13-23)11-18(20)24;/h4,6,8,10,15-16H,5,7,9,11-13H2,1-3H3,(H2,20,24)(H,21,22);1H. The van der Waals surface area contributed by atoms with Gasteiger partial charge >= 0.3 is 0 Å². The molecule has 1 aromatic rings. The first-order valence-corrected chi connectivity index (χ1v) is 8.80. The zero-order chi connectivity index (χ0) is 17.5. The molecule has 0 spiro atoms. The normalized spacial score (nSPS) is 19.1. The summed E-state index contributed by atoms with van der Waals surface area (Å²) in [6, 6.07) is 8.63. The van der Waals surface area contributed by atoms with Crippen molar-refractivity contribution in [3.8, 4) is 0 Å². The predicted molar refractivity (Wildman–Crippen MR) is 114 cm³/mol. The van der Waals surface area contributed by atoms with Gasteiger partial charge in [0.25, 0.3) is 0 Å². The summed E-state index contributed by atoms with van der Waals surface area (Å²) >= 11 is 0.